The van der Waals surface area contributed by atoms with Crippen LogP contribution in [-0.4, -0.2) is 56.5 Å². The number of rotatable bonds is 7. The van der Waals surface area contributed by atoms with E-state index in [1.807, 2.05) is 6.92 Å². The number of carboxylic acids is 1. The third-order valence-corrected chi connectivity index (χ3v) is 3.68. The van der Waals surface area contributed by atoms with Crippen molar-refractivity contribution in [2.24, 2.45) is 5.41 Å². The Labute approximate surface area is 97.4 Å². The lowest BCUT2D eigenvalue weighted by molar-refractivity contribution is -0.149. The van der Waals surface area contributed by atoms with E-state index in [2.05, 4.69) is 0 Å². The Bertz CT molecular complexity index is 339. The molecule has 1 atom stereocenters. The zero-order valence-corrected chi connectivity index (χ0v) is 11.2. The molecule has 0 aliphatic carbocycles. The van der Waals surface area contributed by atoms with Crippen LogP contribution in [0.3, 0.4) is 0 Å². The van der Waals surface area contributed by atoms with Crippen molar-refractivity contribution in [3.05, 3.63) is 0 Å². The molecule has 0 aliphatic rings. The number of carbonyl (C=O) groups is 1. The van der Waals surface area contributed by atoms with E-state index in [-0.39, 0.29) is 5.75 Å². The van der Waals surface area contributed by atoms with E-state index in [9.17, 15) is 13.2 Å². The molecule has 0 bridgehead atoms. The van der Waals surface area contributed by atoms with E-state index in [4.69, 9.17) is 5.11 Å². The molecule has 1 unspecified atom stereocenters. The molecule has 5 nitrogen and oxygen atoms in total. The summed E-state index contributed by atoms with van der Waals surface area (Å²) in [6.45, 7) is 4.21. The number of nitrogens with zero attached hydrogens (tertiary/aromatic N) is 1. The van der Waals surface area contributed by atoms with Crippen molar-refractivity contribution in [3.8, 4) is 0 Å². The van der Waals surface area contributed by atoms with Crippen LogP contribution in [0.5, 0.6) is 0 Å². The summed E-state index contributed by atoms with van der Waals surface area (Å²) in [5.74, 6) is -0.788. The predicted molar refractivity (Wildman–Crippen MR) is 63.2 cm³/mol. The van der Waals surface area contributed by atoms with Gasteiger partial charge in [-0.15, -0.1) is 0 Å². The second kappa shape index (κ2) is 5.63. The molecule has 0 rings (SSSR count). The molecule has 0 heterocycles. The Morgan fingerprint density at radius 2 is 1.94 bits per heavy atom. The second-order valence-corrected chi connectivity index (χ2v) is 6.85. The summed E-state index contributed by atoms with van der Waals surface area (Å²) in [4.78, 5) is 12.8. The van der Waals surface area contributed by atoms with Crippen molar-refractivity contribution in [3.63, 3.8) is 0 Å². The van der Waals surface area contributed by atoms with Gasteiger partial charge in [0.05, 0.1) is 11.2 Å². The fraction of sp³-hybridized carbons (Fsp3) is 0.900. The first-order chi connectivity index (χ1) is 7.10. The molecule has 0 radical (unpaired) electrons. The highest BCUT2D eigenvalue weighted by Gasteiger charge is 2.32. The predicted octanol–water partition coefficient (Wildman–Crippen LogP) is 0.464. The maximum Gasteiger partial charge on any atom is 0.310 e. The first-order valence-electron chi connectivity index (χ1n) is 5.20. The SMILES string of the molecule is CCC(C)(CN(C)CCS(C)(=O)=O)C(=O)O. The second-order valence-electron chi connectivity index (χ2n) is 4.59. The summed E-state index contributed by atoms with van der Waals surface area (Å²) < 4.78 is 21.9. The van der Waals surface area contributed by atoms with Gasteiger partial charge < -0.3 is 10.0 Å². The molecule has 96 valence electrons. The van der Waals surface area contributed by atoms with Crippen LogP contribution in [0.1, 0.15) is 20.3 Å². The Morgan fingerprint density at radius 3 is 2.25 bits per heavy atom. The van der Waals surface area contributed by atoms with E-state index >= 15 is 0 Å². The smallest absolute Gasteiger partial charge is 0.310 e. The molecule has 0 amide bonds. The molecule has 0 aromatic heterocycles. The molecule has 0 saturated heterocycles. The number of carboxylic acid groups (broad SMARTS) is 1. The van der Waals surface area contributed by atoms with Crippen LogP contribution in [0, 0.1) is 5.41 Å². The topological polar surface area (TPSA) is 74.7 Å². The molecule has 1 N–H and O–H groups in total. The van der Waals surface area contributed by atoms with Gasteiger partial charge in [0, 0.05) is 19.3 Å². The van der Waals surface area contributed by atoms with E-state index in [0.717, 1.165) is 0 Å². The quantitative estimate of drug-likeness (QED) is 0.711. The molecule has 0 aromatic rings. The Balaban J connectivity index is 4.33. The maximum atomic E-state index is 11.0. The summed E-state index contributed by atoms with van der Waals surface area (Å²) in [7, 11) is -1.25. The molecule has 0 spiro atoms. The largest absolute Gasteiger partial charge is 0.481 e. The van der Waals surface area contributed by atoms with Gasteiger partial charge in [-0.05, 0) is 20.4 Å². The Kier molecular flexibility index (Phi) is 5.41. The monoisotopic (exact) mass is 251 g/mol. The van der Waals surface area contributed by atoms with Crippen molar-refractivity contribution in [1.82, 2.24) is 4.90 Å². The molecule has 0 aromatic carbocycles. The number of aliphatic carboxylic acids is 1. The van der Waals surface area contributed by atoms with Gasteiger partial charge in [-0.1, -0.05) is 6.92 Å². The minimum atomic E-state index is -2.99. The zero-order valence-electron chi connectivity index (χ0n) is 10.4. The molecule has 0 aliphatic heterocycles. The fourth-order valence-electron chi connectivity index (χ4n) is 1.33. The Hall–Kier alpha value is -0.620. The van der Waals surface area contributed by atoms with E-state index < -0.39 is 21.2 Å². The van der Waals surface area contributed by atoms with Crippen LogP contribution in [-0.2, 0) is 14.6 Å². The van der Waals surface area contributed by atoms with E-state index in [1.54, 1.807) is 18.9 Å². The fourth-order valence-corrected chi connectivity index (χ4v) is 1.97. The summed E-state index contributed by atoms with van der Waals surface area (Å²) in [5.41, 5.74) is -0.813. The lowest BCUT2D eigenvalue weighted by Gasteiger charge is -2.28. The van der Waals surface area contributed by atoms with Crippen molar-refractivity contribution in [1.29, 1.82) is 0 Å². The zero-order chi connectivity index (χ0) is 13.0. The van der Waals surface area contributed by atoms with Crippen molar-refractivity contribution < 1.29 is 18.3 Å². The van der Waals surface area contributed by atoms with Crippen LogP contribution < -0.4 is 0 Å². The van der Waals surface area contributed by atoms with Crippen LogP contribution in [0.4, 0.5) is 0 Å². The van der Waals surface area contributed by atoms with Crippen LogP contribution >= 0.6 is 0 Å². The normalized spacial score (nSPS) is 16.1. The summed E-state index contributed by atoms with van der Waals surface area (Å²) in [6.07, 6.45) is 1.70. The maximum absolute atomic E-state index is 11.0. The molecular weight excluding hydrogens is 230 g/mol. The average molecular weight is 251 g/mol. The highest BCUT2D eigenvalue weighted by Crippen LogP contribution is 2.22. The van der Waals surface area contributed by atoms with Gasteiger partial charge in [-0.25, -0.2) is 8.42 Å². The van der Waals surface area contributed by atoms with Crippen molar-refractivity contribution in [2.45, 2.75) is 20.3 Å². The van der Waals surface area contributed by atoms with E-state index in [1.165, 1.54) is 6.26 Å². The lowest BCUT2D eigenvalue weighted by atomic mass is 9.87. The van der Waals surface area contributed by atoms with Gasteiger partial charge in [-0.2, -0.15) is 0 Å². The highest BCUT2D eigenvalue weighted by molar-refractivity contribution is 7.90. The third kappa shape index (κ3) is 5.46. The molecular formula is C10H21NO4S. The lowest BCUT2D eigenvalue weighted by Crippen LogP contribution is -2.40. The van der Waals surface area contributed by atoms with Gasteiger partial charge >= 0.3 is 5.97 Å². The summed E-state index contributed by atoms with van der Waals surface area (Å²) >= 11 is 0. The summed E-state index contributed by atoms with van der Waals surface area (Å²) in [6, 6.07) is 0. The first-order valence-corrected chi connectivity index (χ1v) is 7.26. The highest BCUT2D eigenvalue weighted by atomic mass is 32.2. The van der Waals surface area contributed by atoms with Crippen LogP contribution in [0.2, 0.25) is 0 Å². The average Bonchev–Trinajstić information content (AvgIpc) is 2.13. The first kappa shape index (κ1) is 15.4. The van der Waals surface area contributed by atoms with Gasteiger partial charge in [0.25, 0.3) is 0 Å². The van der Waals surface area contributed by atoms with Gasteiger partial charge in [-0.3, -0.25) is 4.79 Å². The third-order valence-electron chi connectivity index (χ3n) is 2.76. The van der Waals surface area contributed by atoms with E-state index in [0.29, 0.717) is 19.5 Å². The van der Waals surface area contributed by atoms with Crippen molar-refractivity contribution >= 4 is 15.8 Å². The molecule has 16 heavy (non-hydrogen) atoms. The number of sulfone groups is 1. The number of hydrogen-bond acceptors (Lipinski definition) is 4. The molecule has 6 heteroatoms. The van der Waals surface area contributed by atoms with Gasteiger partial charge in [0.1, 0.15) is 9.84 Å². The Morgan fingerprint density at radius 1 is 1.44 bits per heavy atom. The molecule has 0 saturated carbocycles. The van der Waals surface area contributed by atoms with Gasteiger partial charge in [0.2, 0.25) is 0 Å². The minimum Gasteiger partial charge on any atom is -0.481 e. The van der Waals surface area contributed by atoms with Crippen LogP contribution in [0.25, 0.3) is 0 Å². The number of hydrogen-bond donors (Lipinski definition) is 1. The van der Waals surface area contributed by atoms with Crippen molar-refractivity contribution in [2.75, 3.05) is 32.1 Å². The standard InChI is InChI=1S/C10H21NO4S/c1-5-10(2,9(12)13)8-11(3)6-7-16(4,14)15/h5-8H2,1-4H3,(H,12,13). The van der Waals surface area contributed by atoms with Gasteiger partial charge in [0.15, 0.2) is 0 Å². The summed E-state index contributed by atoms with van der Waals surface area (Å²) in [5, 5.41) is 9.06. The molecule has 0 fully saturated rings. The minimum absolute atomic E-state index is 0.0584. The van der Waals surface area contributed by atoms with Crippen LogP contribution in [0.15, 0.2) is 0 Å².